The number of rotatable bonds is 2. The van der Waals surface area contributed by atoms with E-state index in [4.69, 9.17) is 4.74 Å². The molecule has 2 heterocycles. The summed E-state index contributed by atoms with van der Waals surface area (Å²) in [5, 5.41) is 9.43. The third-order valence-corrected chi connectivity index (χ3v) is 4.36. The molecule has 23 heavy (non-hydrogen) atoms. The van der Waals surface area contributed by atoms with Crippen LogP contribution in [-0.2, 0) is 6.42 Å². The second kappa shape index (κ2) is 6.16. The maximum Gasteiger partial charge on any atom is 0.412 e. The lowest BCUT2D eigenvalue weighted by molar-refractivity contribution is 0.188. The van der Waals surface area contributed by atoms with Gasteiger partial charge >= 0.3 is 6.09 Å². The van der Waals surface area contributed by atoms with Gasteiger partial charge in [-0.15, -0.1) is 0 Å². The predicted molar refractivity (Wildman–Crippen MR) is 86.6 cm³/mol. The molecule has 1 unspecified atom stereocenters. The van der Waals surface area contributed by atoms with Gasteiger partial charge in [0.1, 0.15) is 22.7 Å². The Labute approximate surface area is 140 Å². The van der Waals surface area contributed by atoms with Crippen molar-refractivity contribution in [1.29, 1.82) is 0 Å². The summed E-state index contributed by atoms with van der Waals surface area (Å²) in [5.74, 6) is -0.00381. The van der Waals surface area contributed by atoms with Gasteiger partial charge in [-0.25, -0.2) is 14.2 Å². The van der Waals surface area contributed by atoms with E-state index in [1.165, 1.54) is 17.0 Å². The average molecular weight is 381 g/mol. The Balaban J connectivity index is 1.99. The molecule has 1 atom stereocenters. The van der Waals surface area contributed by atoms with Gasteiger partial charge in [0.2, 0.25) is 5.88 Å². The summed E-state index contributed by atoms with van der Waals surface area (Å²) in [5.41, 5.74) is 2.14. The summed E-state index contributed by atoms with van der Waals surface area (Å²) in [6.07, 6.45) is -0.540. The number of benzene rings is 1. The zero-order valence-electron chi connectivity index (χ0n) is 12.3. The second-order valence-corrected chi connectivity index (χ2v) is 6.13. The van der Waals surface area contributed by atoms with Gasteiger partial charge in [-0.3, -0.25) is 4.90 Å². The first kappa shape index (κ1) is 15.7. The summed E-state index contributed by atoms with van der Waals surface area (Å²) in [6.45, 7) is 2.04. The third-order valence-electron chi connectivity index (χ3n) is 3.67. The molecule has 120 valence electrons. The number of aromatic nitrogens is 1. The van der Waals surface area contributed by atoms with Crippen LogP contribution in [0, 0.1) is 5.82 Å². The standard InChI is InChI=1S/C16H14BrFN2O3/c1-9-8-23-15-13(20(9)16(21)22)7-11(14(17)19-15)6-10-2-4-12(18)5-3-10/h2-5,7,9H,6,8H2,1H3,(H,21,22). The highest BCUT2D eigenvalue weighted by Gasteiger charge is 2.31. The maximum atomic E-state index is 13.0. The molecule has 1 aliphatic heterocycles. The van der Waals surface area contributed by atoms with Crippen LogP contribution >= 0.6 is 15.9 Å². The van der Waals surface area contributed by atoms with Crippen molar-refractivity contribution in [3.63, 3.8) is 0 Å². The SMILES string of the molecule is CC1COc2nc(Br)c(Cc3ccc(F)cc3)cc2N1C(=O)O. The van der Waals surface area contributed by atoms with Crippen LogP contribution in [0.2, 0.25) is 0 Å². The van der Waals surface area contributed by atoms with Gasteiger partial charge in [-0.2, -0.15) is 0 Å². The average Bonchev–Trinajstić information content (AvgIpc) is 2.50. The molecule has 0 radical (unpaired) electrons. The van der Waals surface area contributed by atoms with Crippen molar-refractivity contribution in [2.75, 3.05) is 11.5 Å². The number of hydrogen-bond acceptors (Lipinski definition) is 3. The van der Waals surface area contributed by atoms with Gasteiger partial charge in [0.05, 0.1) is 6.04 Å². The molecular formula is C16H14BrFN2O3. The predicted octanol–water partition coefficient (Wildman–Crippen LogP) is 3.84. The fourth-order valence-corrected chi connectivity index (χ4v) is 2.95. The zero-order chi connectivity index (χ0) is 16.6. The fourth-order valence-electron chi connectivity index (χ4n) is 2.53. The molecule has 3 rings (SSSR count). The number of fused-ring (bicyclic) bond motifs is 1. The summed E-state index contributed by atoms with van der Waals surface area (Å²) in [7, 11) is 0. The minimum Gasteiger partial charge on any atom is -0.474 e. The lowest BCUT2D eigenvalue weighted by Gasteiger charge is -2.32. The van der Waals surface area contributed by atoms with E-state index >= 15 is 0 Å². The molecule has 2 aromatic rings. The summed E-state index contributed by atoms with van der Waals surface area (Å²) in [6, 6.07) is 7.62. The number of halogens is 2. The first-order valence-electron chi connectivity index (χ1n) is 7.04. The minimum absolute atomic E-state index is 0.260. The molecule has 1 aliphatic rings. The Morgan fingerprint density at radius 2 is 2.17 bits per heavy atom. The van der Waals surface area contributed by atoms with Crippen molar-refractivity contribution >= 4 is 27.7 Å². The number of ether oxygens (including phenoxy) is 1. The summed E-state index contributed by atoms with van der Waals surface area (Å²) in [4.78, 5) is 17.1. The van der Waals surface area contributed by atoms with Crippen LogP contribution in [0.4, 0.5) is 14.9 Å². The Bertz CT molecular complexity index is 752. The van der Waals surface area contributed by atoms with E-state index < -0.39 is 6.09 Å². The zero-order valence-corrected chi connectivity index (χ0v) is 13.9. The van der Waals surface area contributed by atoms with Crippen molar-refractivity contribution in [1.82, 2.24) is 4.98 Å². The van der Waals surface area contributed by atoms with E-state index in [1.54, 1.807) is 25.1 Å². The van der Waals surface area contributed by atoms with Crippen molar-refractivity contribution in [2.24, 2.45) is 0 Å². The van der Waals surface area contributed by atoms with Crippen LogP contribution in [0.25, 0.3) is 0 Å². The fraction of sp³-hybridized carbons (Fsp3) is 0.250. The number of pyridine rings is 1. The van der Waals surface area contributed by atoms with Gasteiger partial charge in [0.15, 0.2) is 0 Å². The molecule has 7 heteroatoms. The van der Waals surface area contributed by atoms with E-state index in [1.807, 2.05) is 0 Å². The van der Waals surface area contributed by atoms with Crippen LogP contribution in [0.3, 0.4) is 0 Å². The quantitative estimate of drug-likeness (QED) is 0.803. The number of anilines is 1. The summed E-state index contributed by atoms with van der Waals surface area (Å²) >= 11 is 3.39. The van der Waals surface area contributed by atoms with Crippen LogP contribution in [0.15, 0.2) is 34.9 Å². The third kappa shape index (κ3) is 3.14. The van der Waals surface area contributed by atoms with Crippen molar-refractivity contribution < 1.29 is 19.0 Å². The topological polar surface area (TPSA) is 62.7 Å². The van der Waals surface area contributed by atoms with E-state index in [0.717, 1.165) is 11.1 Å². The van der Waals surface area contributed by atoms with Gasteiger partial charge < -0.3 is 9.84 Å². The highest BCUT2D eigenvalue weighted by Crippen LogP contribution is 2.36. The molecule has 0 bridgehead atoms. The number of carbonyl (C=O) groups is 1. The molecule has 0 saturated heterocycles. The van der Waals surface area contributed by atoms with Gasteiger partial charge in [-0.1, -0.05) is 12.1 Å². The summed E-state index contributed by atoms with van der Waals surface area (Å²) < 4.78 is 19.1. The normalized spacial score (nSPS) is 16.7. The van der Waals surface area contributed by atoms with Crippen molar-refractivity contribution in [3.05, 3.63) is 51.9 Å². The molecule has 0 aliphatic carbocycles. The first-order valence-corrected chi connectivity index (χ1v) is 7.84. The molecule has 1 aromatic heterocycles. The van der Waals surface area contributed by atoms with Gasteiger partial charge in [0, 0.05) is 6.42 Å². The molecule has 0 saturated carbocycles. The number of amides is 1. The maximum absolute atomic E-state index is 13.0. The molecule has 5 nitrogen and oxygen atoms in total. The van der Waals surface area contributed by atoms with Crippen LogP contribution in [0.5, 0.6) is 5.88 Å². The largest absolute Gasteiger partial charge is 0.474 e. The minimum atomic E-state index is -1.04. The van der Waals surface area contributed by atoms with Gasteiger partial charge in [0.25, 0.3) is 0 Å². The van der Waals surface area contributed by atoms with E-state index in [2.05, 4.69) is 20.9 Å². The monoisotopic (exact) mass is 380 g/mol. The van der Waals surface area contributed by atoms with Crippen molar-refractivity contribution in [3.8, 4) is 5.88 Å². The Morgan fingerprint density at radius 3 is 2.83 bits per heavy atom. The Hall–Kier alpha value is -2.15. The molecule has 1 amide bonds. The van der Waals surface area contributed by atoms with Crippen molar-refractivity contribution in [2.45, 2.75) is 19.4 Å². The molecule has 0 spiro atoms. The number of carboxylic acid groups (broad SMARTS) is 1. The van der Waals surface area contributed by atoms with E-state index in [0.29, 0.717) is 22.6 Å². The Kier molecular flexibility index (Phi) is 4.21. The van der Waals surface area contributed by atoms with E-state index in [9.17, 15) is 14.3 Å². The molecule has 1 N–H and O–H groups in total. The highest BCUT2D eigenvalue weighted by atomic mass is 79.9. The lowest BCUT2D eigenvalue weighted by Crippen LogP contribution is -2.44. The van der Waals surface area contributed by atoms with Gasteiger partial charge in [-0.05, 0) is 52.2 Å². The molecule has 0 fully saturated rings. The molecular weight excluding hydrogens is 367 g/mol. The smallest absolute Gasteiger partial charge is 0.412 e. The number of hydrogen-bond donors (Lipinski definition) is 1. The highest BCUT2D eigenvalue weighted by molar-refractivity contribution is 9.10. The number of nitrogens with zero attached hydrogens (tertiary/aromatic N) is 2. The lowest BCUT2D eigenvalue weighted by atomic mass is 10.1. The van der Waals surface area contributed by atoms with Crippen LogP contribution < -0.4 is 9.64 Å². The van der Waals surface area contributed by atoms with E-state index in [-0.39, 0.29) is 18.5 Å². The molecule has 1 aromatic carbocycles. The van der Waals surface area contributed by atoms with Crippen LogP contribution in [-0.4, -0.2) is 28.8 Å². The van der Waals surface area contributed by atoms with Crippen LogP contribution in [0.1, 0.15) is 18.1 Å². The second-order valence-electron chi connectivity index (χ2n) is 5.38. The first-order chi connectivity index (χ1) is 11.0. The Morgan fingerprint density at radius 1 is 1.48 bits per heavy atom.